The van der Waals surface area contributed by atoms with Crippen molar-refractivity contribution in [2.45, 2.75) is 12.5 Å². The van der Waals surface area contributed by atoms with Gasteiger partial charge in [-0.2, -0.15) is 0 Å². The lowest BCUT2D eigenvalue weighted by Gasteiger charge is -2.17. The third-order valence-corrected chi connectivity index (χ3v) is 4.70. The molecule has 0 radical (unpaired) electrons. The first-order chi connectivity index (χ1) is 12.5. The van der Waals surface area contributed by atoms with Crippen molar-refractivity contribution in [3.05, 3.63) is 69.3 Å². The van der Waals surface area contributed by atoms with Gasteiger partial charge in [0, 0.05) is 15.6 Å². The fraction of sp³-hybridized carbons (Fsp3) is 0.211. The van der Waals surface area contributed by atoms with Gasteiger partial charge >= 0.3 is 5.97 Å². The molecule has 0 heterocycles. The minimum absolute atomic E-state index is 0.229. The topological polar surface area (TPSA) is 84.5 Å². The largest absolute Gasteiger partial charge is 0.467 e. The molecule has 6 nitrogen and oxygen atoms in total. The zero-order valence-electron chi connectivity index (χ0n) is 14.2. The summed E-state index contributed by atoms with van der Waals surface area (Å²) in [5.74, 6) is -1.35. The second-order valence-corrected chi connectivity index (χ2v) is 6.65. The molecule has 0 unspecified atom stereocenters. The van der Waals surface area contributed by atoms with Crippen LogP contribution in [0.3, 0.4) is 0 Å². The van der Waals surface area contributed by atoms with Crippen LogP contribution in [0.4, 0.5) is 0 Å². The second kappa shape index (κ2) is 9.91. The molecule has 0 aliphatic rings. The monoisotopic (exact) mass is 466 g/mol. The van der Waals surface area contributed by atoms with Gasteiger partial charge in [0.05, 0.1) is 13.7 Å². The minimum atomic E-state index is -0.822. The molecule has 26 heavy (non-hydrogen) atoms. The van der Waals surface area contributed by atoms with Crippen molar-refractivity contribution in [1.29, 1.82) is 0 Å². The smallest absolute Gasteiger partial charge is 0.328 e. The summed E-state index contributed by atoms with van der Waals surface area (Å²) >= 11 is 2.17. The van der Waals surface area contributed by atoms with Gasteiger partial charge in [-0.15, -0.1) is 0 Å². The Morgan fingerprint density at radius 3 is 2.35 bits per heavy atom. The maximum atomic E-state index is 12.1. The summed E-state index contributed by atoms with van der Waals surface area (Å²) in [6.07, 6.45) is 0.310. The van der Waals surface area contributed by atoms with E-state index in [4.69, 9.17) is 4.74 Å². The number of hydrogen-bond donors (Lipinski definition) is 2. The molecule has 0 aliphatic heterocycles. The second-order valence-electron chi connectivity index (χ2n) is 5.49. The highest BCUT2D eigenvalue weighted by Crippen LogP contribution is 2.14. The Hall–Kier alpha value is -2.42. The molecule has 0 fully saturated rings. The molecule has 0 saturated carbocycles. The Morgan fingerprint density at radius 1 is 1.04 bits per heavy atom. The Kier molecular flexibility index (Phi) is 7.58. The van der Waals surface area contributed by atoms with Crippen LogP contribution in [0.25, 0.3) is 0 Å². The van der Waals surface area contributed by atoms with Gasteiger partial charge in [-0.3, -0.25) is 9.59 Å². The van der Waals surface area contributed by atoms with Crippen molar-refractivity contribution in [2.75, 3.05) is 13.7 Å². The SMILES string of the molecule is COC(=O)[C@@H](Cc1ccccc1I)NC(=O)CNC(=O)c1ccccc1. The highest BCUT2D eigenvalue weighted by atomic mass is 127. The highest BCUT2D eigenvalue weighted by Gasteiger charge is 2.23. The van der Waals surface area contributed by atoms with Crippen LogP contribution in [-0.4, -0.2) is 37.5 Å². The molecule has 0 aromatic heterocycles. The zero-order valence-corrected chi connectivity index (χ0v) is 16.4. The van der Waals surface area contributed by atoms with E-state index in [1.165, 1.54) is 7.11 Å². The molecule has 2 aromatic carbocycles. The van der Waals surface area contributed by atoms with Gasteiger partial charge in [0.2, 0.25) is 5.91 Å². The first-order valence-corrected chi connectivity index (χ1v) is 9.03. The third-order valence-electron chi connectivity index (χ3n) is 3.65. The van der Waals surface area contributed by atoms with Crippen molar-refractivity contribution >= 4 is 40.4 Å². The van der Waals surface area contributed by atoms with E-state index >= 15 is 0 Å². The number of hydrogen-bond acceptors (Lipinski definition) is 4. The predicted octanol–water partition coefficient (Wildman–Crippen LogP) is 1.92. The van der Waals surface area contributed by atoms with Crippen LogP contribution < -0.4 is 10.6 Å². The van der Waals surface area contributed by atoms with E-state index in [9.17, 15) is 14.4 Å². The molecule has 2 aromatic rings. The molecular formula is C19H19IN2O4. The molecule has 0 saturated heterocycles. The molecule has 1 atom stereocenters. The van der Waals surface area contributed by atoms with Gasteiger partial charge in [0.15, 0.2) is 0 Å². The molecule has 2 N–H and O–H groups in total. The van der Waals surface area contributed by atoms with Gasteiger partial charge in [-0.05, 0) is 46.4 Å². The number of amides is 2. The molecular weight excluding hydrogens is 447 g/mol. The van der Waals surface area contributed by atoms with Crippen LogP contribution in [-0.2, 0) is 20.7 Å². The quantitative estimate of drug-likeness (QED) is 0.483. The summed E-state index contributed by atoms with van der Waals surface area (Å²) in [5.41, 5.74) is 1.39. The summed E-state index contributed by atoms with van der Waals surface area (Å²) in [7, 11) is 1.27. The number of nitrogens with one attached hydrogen (secondary N) is 2. The maximum absolute atomic E-state index is 12.1. The summed E-state index contributed by atoms with van der Waals surface area (Å²) in [6, 6.07) is 15.3. The van der Waals surface area contributed by atoms with E-state index in [0.717, 1.165) is 9.13 Å². The van der Waals surface area contributed by atoms with E-state index in [1.807, 2.05) is 24.3 Å². The summed E-state index contributed by atoms with van der Waals surface area (Å²) in [6.45, 7) is -0.229. The summed E-state index contributed by atoms with van der Waals surface area (Å²) < 4.78 is 5.77. The lowest BCUT2D eigenvalue weighted by atomic mass is 10.1. The van der Waals surface area contributed by atoms with Gasteiger partial charge < -0.3 is 15.4 Å². The Balaban J connectivity index is 1.95. The number of ether oxygens (including phenoxy) is 1. The Bertz CT molecular complexity index is 780. The molecule has 2 rings (SSSR count). The van der Waals surface area contributed by atoms with Crippen LogP contribution in [0, 0.1) is 3.57 Å². The van der Waals surface area contributed by atoms with E-state index in [-0.39, 0.29) is 12.5 Å². The van der Waals surface area contributed by atoms with Crippen molar-refractivity contribution < 1.29 is 19.1 Å². The van der Waals surface area contributed by atoms with Gasteiger partial charge in [-0.1, -0.05) is 36.4 Å². The van der Waals surface area contributed by atoms with Gasteiger partial charge in [0.1, 0.15) is 6.04 Å². The lowest BCUT2D eigenvalue weighted by molar-refractivity contribution is -0.144. The maximum Gasteiger partial charge on any atom is 0.328 e. The Morgan fingerprint density at radius 2 is 1.69 bits per heavy atom. The number of esters is 1. The van der Waals surface area contributed by atoms with Crippen LogP contribution in [0.1, 0.15) is 15.9 Å². The molecule has 0 bridgehead atoms. The average Bonchev–Trinajstić information content (AvgIpc) is 2.67. The number of methoxy groups -OCH3 is 1. The molecule has 2 amide bonds. The van der Waals surface area contributed by atoms with Crippen LogP contribution in [0.2, 0.25) is 0 Å². The highest BCUT2D eigenvalue weighted by molar-refractivity contribution is 14.1. The first-order valence-electron chi connectivity index (χ1n) is 7.95. The number of carbonyl (C=O) groups excluding carboxylic acids is 3. The lowest BCUT2D eigenvalue weighted by Crippen LogP contribution is -2.47. The normalized spacial score (nSPS) is 11.3. The molecule has 0 spiro atoms. The fourth-order valence-corrected chi connectivity index (χ4v) is 2.92. The number of halogens is 1. The first kappa shape index (κ1) is 19.9. The predicted molar refractivity (Wildman–Crippen MR) is 106 cm³/mol. The number of carbonyl (C=O) groups is 3. The van der Waals surface area contributed by atoms with Crippen molar-refractivity contribution in [2.24, 2.45) is 0 Å². The minimum Gasteiger partial charge on any atom is -0.467 e. The van der Waals surface area contributed by atoms with Crippen LogP contribution >= 0.6 is 22.6 Å². The van der Waals surface area contributed by atoms with E-state index in [2.05, 4.69) is 33.2 Å². The summed E-state index contributed by atoms with van der Waals surface area (Å²) in [4.78, 5) is 36.1. The van der Waals surface area contributed by atoms with E-state index in [0.29, 0.717) is 12.0 Å². The average molecular weight is 466 g/mol. The Labute approximate surface area is 165 Å². The van der Waals surface area contributed by atoms with Crippen LogP contribution in [0.15, 0.2) is 54.6 Å². The molecule has 136 valence electrons. The van der Waals surface area contributed by atoms with E-state index in [1.54, 1.807) is 30.3 Å². The fourth-order valence-electron chi connectivity index (χ4n) is 2.32. The van der Waals surface area contributed by atoms with Crippen molar-refractivity contribution in [3.63, 3.8) is 0 Å². The van der Waals surface area contributed by atoms with Crippen LogP contribution in [0.5, 0.6) is 0 Å². The third kappa shape index (κ3) is 5.83. The molecule has 0 aliphatic carbocycles. The summed E-state index contributed by atoms with van der Waals surface area (Å²) in [5, 5.41) is 5.15. The zero-order chi connectivity index (χ0) is 18.9. The standard InChI is InChI=1S/C19H19IN2O4/c1-26-19(25)16(11-14-9-5-6-10-15(14)20)22-17(23)12-21-18(24)13-7-3-2-4-8-13/h2-10,16H,11-12H2,1H3,(H,21,24)(H,22,23)/t16-/m1/s1. The van der Waals surface area contributed by atoms with Crippen molar-refractivity contribution in [3.8, 4) is 0 Å². The van der Waals surface area contributed by atoms with Gasteiger partial charge in [0.25, 0.3) is 5.91 Å². The van der Waals surface area contributed by atoms with E-state index < -0.39 is 17.9 Å². The van der Waals surface area contributed by atoms with Crippen molar-refractivity contribution in [1.82, 2.24) is 10.6 Å². The van der Waals surface area contributed by atoms with Gasteiger partial charge in [-0.25, -0.2) is 4.79 Å². The number of benzene rings is 2. The number of rotatable bonds is 7. The molecule has 7 heteroatoms.